The average Bonchev–Trinajstić information content (AvgIpc) is 2.29. The Balaban J connectivity index is 2.59. The molecule has 0 heterocycles. The molecule has 88 valence electrons. The van der Waals surface area contributed by atoms with Crippen LogP contribution in [-0.4, -0.2) is 13.0 Å². The normalized spacial score (nSPS) is 11.4. The highest BCUT2D eigenvalue weighted by Crippen LogP contribution is 2.24. The number of hydrogen-bond acceptors (Lipinski definition) is 2. The second kappa shape index (κ2) is 4.27. The standard InChI is InChI=1S/C12H9FO3S/c13-12-7-2-1-6-11(12)9-4-3-5-10(8-9)17(14,15)16/h1-8H,(H,14,15,16). The summed E-state index contributed by atoms with van der Waals surface area (Å²) in [5.74, 6) is -0.444. The molecule has 0 aromatic heterocycles. The van der Waals surface area contributed by atoms with E-state index >= 15 is 0 Å². The van der Waals surface area contributed by atoms with E-state index in [1.807, 2.05) is 0 Å². The van der Waals surface area contributed by atoms with Crippen LogP contribution in [0.5, 0.6) is 0 Å². The molecule has 1 N–H and O–H groups in total. The van der Waals surface area contributed by atoms with Crippen molar-refractivity contribution in [1.29, 1.82) is 0 Å². The summed E-state index contributed by atoms with van der Waals surface area (Å²) >= 11 is 0. The van der Waals surface area contributed by atoms with Gasteiger partial charge in [-0.05, 0) is 23.8 Å². The van der Waals surface area contributed by atoms with Gasteiger partial charge in [-0.15, -0.1) is 0 Å². The van der Waals surface area contributed by atoms with Crippen molar-refractivity contribution < 1.29 is 17.4 Å². The molecule has 3 nitrogen and oxygen atoms in total. The van der Waals surface area contributed by atoms with E-state index in [2.05, 4.69) is 0 Å². The maximum atomic E-state index is 13.5. The smallest absolute Gasteiger partial charge is 0.282 e. The van der Waals surface area contributed by atoms with Crippen molar-refractivity contribution >= 4 is 10.1 Å². The number of hydrogen-bond donors (Lipinski definition) is 1. The van der Waals surface area contributed by atoms with Gasteiger partial charge in [-0.25, -0.2) is 4.39 Å². The maximum absolute atomic E-state index is 13.5. The quantitative estimate of drug-likeness (QED) is 0.836. The SMILES string of the molecule is O=S(=O)(O)c1cccc(-c2ccccc2F)c1. The van der Waals surface area contributed by atoms with Gasteiger partial charge in [0.1, 0.15) is 5.82 Å². The van der Waals surface area contributed by atoms with Crippen LogP contribution < -0.4 is 0 Å². The zero-order chi connectivity index (χ0) is 12.5. The first-order valence-corrected chi connectivity index (χ1v) is 6.25. The summed E-state index contributed by atoms with van der Waals surface area (Å²) < 4.78 is 44.3. The van der Waals surface area contributed by atoms with Gasteiger partial charge in [-0.2, -0.15) is 8.42 Å². The van der Waals surface area contributed by atoms with E-state index in [1.54, 1.807) is 24.3 Å². The Morgan fingerprint density at radius 3 is 2.35 bits per heavy atom. The van der Waals surface area contributed by atoms with Gasteiger partial charge in [-0.1, -0.05) is 30.3 Å². The minimum Gasteiger partial charge on any atom is -0.282 e. The Morgan fingerprint density at radius 2 is 1.71 bits per heavy atom. The van der Waals surface area contributed by atoms with Gasteiger partial charge in [0.2, 0.25) is 0 Å². The molecule has 0 aliphatic rings. The third kappa shape index (κ3) is 2.51. The fourth-order valence-electron chi connectivity index (χ4n) is 1.52. The maximum Gasteiger partial charge on any atom is 0.294 e. The van der Waals surface area contributed by atoms with Crippen molar-refractivity contribution in [2.24, 2.45) is 0 Å². The Hall–Kier alpha value is -1.72. The fourth-order valence-corrected chi connectivity index (χ4v) is 2.05. The molecule has 2 aromatic rings. The monoisotopic (exact) mass is 252 g/mol. The molecule has 5 heteroatoms. The molecular formula is C12H9FO3S. The van der Waals surface area contributed by atoms with Gasteiger partial charge in [0.05, 0.1) is 4.90 Å². The first-order valence-electron chi connectivity index (χ1n) is 4.81. The lowest BCUT2D eigenvalue weighted by Crippen LogP contribution is -1.98. The summed E-state index contributed by atoms with van der Waals surface area (Å²) in [5, 5.41) is 0. The summed E-state index contributed by atoms with van der Waals surface area (Å²) in [6.07, 6.45) is 0. The molecule has 0 aliphatic heterocycles. The minimum absolute atomic E-state index is 0.252. The lowest BCUT2D eigenvalue weighted by atomic mass is 10.1. The van der Waals surface area contributed by atoms with Crippen molar-refractivity contribution in [1.82, 2.24) is 0 Å². The summed E-state index contributed by atoms with van der Waals surface area (Å²) in [5.41, 5.74) is 0.691. The molecule has 0 unspecified atom stereocenters. The number of halogens is 1. The highest BCUT2D eigenvalue weighted by Gasteiger charge is 2.11. The van der Waals surface area contributed by atoms with E-state index in [-0.39, 0.29) is 10.5 Å². The molecule has 0 saturated carbocycles. The van der Waals surface area contributed by atoms with Crippen LogP contribution in [0.1, 0.15) is 0 Å². The highest BCUT2D eigenvalue weighted by molar-refractivity contribution is 7.85. The van der Waals surface area contributed by atoms with Crippen LogP contribution in [0, 0.1) is 5.82 Å². The lowest BCUT2D eigenvalue weighted by Gasteiger charge is -2.04. The molecule has 0 saturated heterocycles. The summed E-state index contributed by atoms with van der Waals surface area (Å²) in [6, 6.07) is 11.5. The van der Waals surface area contributed by atoms with Gasteiger partial charge >= 0.3 is 0 Å². The Morgan fingerprint density at radius 1 is 1.00 bits per heavy atom. The second-order valence-electron chi connectivity index (χ2n) is 3.48. The second-order valence-corrected chi connectivity index (χ2v) is 4.90. The van der Waals surface area contributed by atoms with Crippen LogP contribution in [0.2, 0.25) is 0 Å². The van der Waals surface area contributed by atoms with E-state index in [0.29, 0.717) is 5.56 Å². The van der Waals surface area contributed by atoms with Crippen LogP contribution in [0.25, 0.3) is 11.1 Å². The van der Waals surface area contributed by atoms with Gasteiger partial charge in [0.25, 0.3) is 10.1 Å². The fraction of sp³-hybridized carbons (Fsp3) is 0. The van der Waals surface area contributed by atoms with Crippen molar-refractivity contribution in [3.63, 3.8) is 0 Å². The van der Waals surface area contributed by atoms with Crippen LogP contribution in [0.15, 0.2) is 53.4 Å². The van der Waals surface area contributed by atoms with Crippen molar-refractivity contribution in [2.45, 2.75) is 4.90 Å². The predicted octanol–water partition coefficient (Wildman–Crippen LogP) is 2.74. The van der Waals surface area contributed by atoms with Crippen LogP contribution in [-0.2, 0) is 10.1 Å². The van der Waals surface area contributed by atoms with Gasteiger partial charge in [0.15, 0.2) is 0 Å². The molecule has 0 aliphatic carbocycles. The van der Waals surface area contributed by atoms with E-state index in [9.17, 15) is 12.8 Å². The van der Waals surface area contributed by atoms with Gasteiger partial charge in [-0.3, -0.25) is 4.55 Å². The molecular weight excluding hydrogens is 243 g/mol. The highest BCUT2D eigenvalue weighted by atomic mass is 32.2. The van der Waals surface area contributed by atoms with Crippen molar-refractivity contribution in [3.05, 3.63) is 54.3 Å². The number of rotatable bonds is 2. The largest absolute Gasteiger partial charge is 0.294 e. The molecule has 2 aromatic carbocycles. The molecule has 0 atom stereocenters. The summed E-state index contributed by atoms with van der Waals surface area (Å²) in [7, 11) is -4.27. The molecule has 2 rings (SSSR count). The van der Waals surface area contributed by atoms with E-state index in [4.69, 9.17) is 4.55 Å². The van der Waals surface area contributed by atoms with Crippen molar-refractivity contribution in [3.8, 4) is 11.1 Å². The molecule has 17 heavy (non-hydrogen) atoms. The lowest BCUT2D eigenvalue weighted by molar-refractivity contribution is 0.483. The van der Waals surface area contributed by atoms with E-state index in [1.165, 1.54) is 24.3 Å². The predicted molar refractivity (Wildman–Crippen MR) is 61.7 cm³/mol. The van der Waals surface area contributed by atoms with E-state index in [0.717, 1.165) is 0 Å². The molecule has 0 spiro atoms. The summed E-state index contributed by atoms with van der Waals surface area (Å²) in [4.78, 5) is -0.252. The minimum atomic E-state index is -4.27. The zero-order valence-electron chi connectivity index (χ0n) is 8.67. The zero-order valence-corrected chi connectivity index (χ0v) is 9.49. The summed E-state index contributed by atoms with van der Waals surface area (Å²) in [6.45, 7) is 0. The first-order chi connectivity index (χ1) is 7.98. The third-order valence-corrected chi connectivity index (χ3v) is 3.17. The Labute approximate surface area is 98.3 Å². The average molecular weight is 252 g/mol. The Kier molecular flexibility index (Phi) is 2.95. The van der Waals surface area contributed by atoms with Gasteiger partial charge < -0.3 is 0 Å². The Bertz CT molecular complexity index is 650. The van der Waals surface area contributed by atoms with Crippen LogP contribution in [0.4, 0.5) is 4.39 Å². The van der Waals surface area contributed by atoms with Crippen LogP contribution in [0.3, 0.4) is 0 Å². The van der Waals surface area contributed by atoms with Crippen molar-refractivity contribution in [2.75, 3.05) is 0 Å². The molecule has 0 amide bonds. The van der Waals surface area contributed by atoms with Crippen LogP contribution >= 0.6 is 0 Å². The molecule has 0 radical (unpaired) electrons. The van der Waals surface area contributed by atoms with E-state index < -0.39 is 15.9 Å². The number of benzene rings is 2. The molecule has 0 bridgehead atoms. The first kappa shape index (κ1) is 11.8. The third-order valence-electron chi connectivity index (χ3n) is 2.32. The molecule has 0 fully saturated rings. The topological polar surface area (TPSA) is 54.4 Å². The van der Waals surface area contributed by atoms with Gasteiger partial charge in [0, 0.05) is 5.56 Å².